The van der Waals surface area contributed by atoms with Gasteiger partial charge in [-0.15, -0.1) is 0 Å². The SMILES string of the molecule is NC(N)=NC/C=C\c1c(Cl)cccc1Cl. The lowest BCUT2D eigenvalue weighted by Crippen LogP contribution is -2.22. The van der Waals surface area contributed by atoms with E-state index in [1.54, 1.807) is 30.4 Å². The fraction of sp³-hybridized carbons (Fsp3) is 0.100. The Morgan fingerprint density at radius 1 is 1.27 bits per heavy atom. The molecule has 1 aromatic carbocycles. The first kappa shape index (κ1) is 11.9. The summed E-state index contributed by atoms with van der Waals surface area (Å²) in [7, 11) is 0. The molecule has 80 valence electrons. The summed E-state index contributed by atoms with van der Waals surface area (Å²) < 4.78 is 0. The largest absolute Gasteiger partial charge is 0.370 e. The highest BCUT2D eigenvalue weighted by Crippen LogP contribution is 2.25. The highest BCUT2D eigenvalue weighted by Gasteiger charge is 1.99. The molecule has 15 heavy (non-hydrogen) atoms. The second-order valence-electron chi connectivity index (χ2n) is 2.80. The van der Waals surface area contributed by atoms with Gasteiger partial charge in [0, 0.05) is 15.6 Å². The predicted molar refractivity (Wildman–Crippen MR) is 66.2 cm³/mol. The van der Waals surface area contributed by atoms with E-state index in [2.05, 4.69) is 4.99 Å². The standard InChI is InChI=1S/C10H11Cl2N3/c11-8-4-1-5-9(12)7(8)3-2-6-15-10(13)14/h1-5H,6H2,(H4,13,14,15)/b3-2-. The topological polar surface area (TPSA) is 64.4 Å². The summed E-state index contributed by atoms with van der Waals surface area (Å²) in [6.07, 6.45) is 3.57. The van der Waals surface area contributed by atoms with Crippen LogP contribution in [-0.4, -0.2) is 12.5 Å². The minimum atomic E-state index is 0.0601. The van der Waals surface area contributed by atoms with E-state index in [9.17, 15) is 0 Å². The number of halogens is 2. The highest BCUT2D eigenvalue weighted by molar-refractivity contribution is 6.37. The maximum Gasteiger partial charge on any atom is 0.186 e. The van der Waals surface area contributed by atoms with Crippen LogP contribution < -0.4 is 11.5 Å². The van der Waals surface area contributed by atoms with Gasteiger partial charge in [-0.2, -0.15) is 0 Å². The molecule has 0 unspecified atom stereocenters. The number of aliphatic imine (C=N–C) groups is 1. The Kier molecular flexibility index (Phi) is 4.46. The third-order valence-corrected chi connectivity index (χ3v) is 2.32. The zero-order valence-corrected chi connectivity index (χ0v) is 9.46. The number of rotatable bonds is 3. The Hall–Kier alpha value is -1.19. The Bertz CT molecular complexity index is 375. The Morgan fingerprint density at radius 3 is 2.40 bits per heavy atom. The zero-order valence-electron chi connectivity index (χ0n) is 7.95. The summed E-state index contributed by atoms with van der Waals surface area (Å²) in [4.78, 5) is 3.80. The fourth-order valence-electron chi connectivity index (χ4n) is 0.999. The first-order valence-electron chi connectivity index (χ1n) is 4.27. The van der Waals surface area contributed by atoms with Crippen LogP contribution in [0.2, 0.25) is 10.0 Å². The Morgan fingerprint density at radius 2 is 1.87 bits per heavy atom. The monoisotopic (exact) mass is 243 g/mol. The van der Waals surface area contributed by atoms with Gasteiger partial charge in [-0.05, 0) is 12.1 Å². The highest BCUT2D eigenvalue weighted by atomic mass is 35.5. The summed E-state index contributed by atoms with van der Waals surface area (Å²) in [5, 5.41) is 1.20. The van der Waals surface area contributed by atoms with Gasteiger partial charge in [-0.25, -0.2) is 4.99 Å². The van der Waals surface area contributed by atoms with Crippen molar-refractivity contribution in [3.63, 3.8) is 0 Å². The van der Waals surface area contributed by atoms with E-state index in [0.717, 1.165) is 5.56 Å². The van der Waals surface area contributed by atoms with Gasteiger partial charge in [0.15, 0.2) is 5.96 Å². The molecule has 0 fully saturated rings. The van der Waals surface area contributed by atoms with Crippen LogP contribution in [0.3, 0.4) is 0 Å². The molecule has 0 saturated heterocycles. The van der Waals surface area contributed by atoms with Gasteiger partial charge < -0.3 is 11.5 Å². The van der Waals surface area contributed by atoms with Crippen molar-refractivity contribution in [2.24, 2.45) is 16.5 Å². The van der Waals surface area contributed by atoms with Crippen LogP contribution in [0.1, 0.15) is 5.56 Å². The molecule has 0 aliphatic carbocycles. The average Bonchev–Trinajstić information content (AvgIpc) is 2.15. The van der Waals surface area contributed by atoms with E-state index in [1.807, 2.05) is 0 Å². The van der Waals surface area contributed by atoms with Crippen molar-refractivity contribution in [2.75, 3.05) is 6.54 Å². The van der Waals surface area contributed by atoms with Crippen molar-refractivity contribution in [1.82, 2.24) is 0 Å². The Balaban J connectivity index is 2.76. The van der Waals surface area contributed by atoms with Gasteiger partial charge in [0.1, 0.15) is 0 Å². The molecule has 0 aliphatic heterocycles. The van der Waals surface area contributed by atoms with Gasteiger partial charge in [0.2, 0.25) is 0 Å². The number of benzene rings is 1. The lowest BCUT2D eigenvalue weighted by Gasteiger charge is -1.99. The lowest BCUT2D eigenvalue weighted by atomic mass is 10.2. The van der Waals surface area contributed by atoms with Crippen molar-refractivity contribution in [2.45, 2.75) is 0 Å². The number of nitrogens with zero attached hydrogens (tertiary/aromatic N) is 1. The second kappa shape index (κ2) is 5.63. The second-order valence-corrected chi connectivity index (χ2v) is 3.62. The van der Waals surface area contributed by atoms with Crippen LogP contribution in [-0.2, 0) is 0 Å². The summed E-state index contributed by atoms with van der Waals surface area (Å²) >= 11 is 11.9. The molecule has 0 spiro atoms. The van der Waals surface area contributed by atoms with Crippen molar-refractivity contribution in [3.05, 3.63) is 39.9 Å². The van der Waals surface area contributed by atoms with Gasteiger partial charge >= 0.3 is 0 Å². The minimum absolute atomic E-state index is 0.0601. The summed E-state index contributed by atoms with van der Waals surface area (Å²) in [6, 6.07) is 5.33. The molecule has 0 radical (unpaired) electrons. The molecule has 3 nitrogen and oxygen atoms in total. The maximum atomic E-state index is 5.95. The molecule has 5 heteroatoms. The molecule has 0 atom stereocenters. The average molecular weight is 244 g/mol. The van der Waals surface area contributed by atoms with E-state index >= 15 is 0 Å². The molecular formula is C10H11Cl2N3. The number of hydrogen-bond acceptors (Lipinski definition) is 1. The molecule has 4 N–H and O–H groups in total. The summed E-state index contributed by atoms with van der Waals surface area (Å²) in [5.74, 6) is 0.0601. The van der Waals surface area contributed by atoms with Crippen LogP contribution in [0, 0.1) is 0 Å². The van der Waals surface area contributed by atoms with Gasteiger partial charge in [-0.1, -0.05) is 41.4 Å². The van der Waals surface area contributed by atoms with Crippen molar-refractivity contribution < 1.29 is 0 Å². The molecule has 0 aromatic heterocycles. The molecular weight excluding hydrogens is 233 g/mol. The lowest BCUT2D eigenvalue weighted by molar-refractivity contribution is 1.22. The van der Waals surface area contributed by atoms with E-state index in [0.29, 0.717) is 16.6 Å². The van der Waals surface area contributed by atoms with Gasteiger partial charge in [0.25, 0.3) is 0 Å². The fourth-order valence-corrected chi connectivity index (χ4v) is 1.52. The van der Waals surface area contributed by atoms with Gasteiger partial charge in [0.05, 0.1) is 6.54 Å². The maximum absolute atomic E-state index is 5.95. The quantitative estimate of drug-likeness (QED) is 0.632. The van der Waals surface area contributed by atoms with Crippen molar-refractivity contribution >= 4 is 35.2 Å². The number of guanidine groups is 1. The normalized spacial score (nSPS) is 10.5. The minimum Gasteiger partial charge on any atom is -0.370 e. The Labute approximate surface area is 98.4 Å². The van der Waals surface area contributed by atoms with Crippen LogP contribution in [0.15, 0.2) is 29.3 Å². The van der Waals surface area contributed by atoms with Crippen LogP contribution in [0.4, 0.5) is 0 Å². The molecule has 0 saturated carbocycles. The number of hydrogen-bond donors (Lipinski definition) is 2. The van der Waals surface area contributed by atoms with Crippen LogP contribution in [0.5, 0.6) is 0 Å². The van der Waals surface area contributed by atoms with E-state index in [-0.39, 0.29) is 5.96 Å². The van der Waals surface area contributed by atoms with E-state index in [4.69, 9.17) is 34.7 Å². The third-order valence-electron chi connectivity index (χ3n) is 1.66. The number of nitrogens with two attached hydrogens (primary N) is 2. The van der Waals surface area contributed by atoms with E-state index < -0.39 is 0 Å². The van der Waals surface area contributed by atoms with Crippen molar-refractivity contribution in [3.8, 4) is 0 Å². The smallest absolute Gasteiger partial charge is 0.186 e. The van der Waals surface area contributed by atoms with Gasteiger partial charge in [-0.3, -0.25) is 0 Å². The predicted octanol–water partition coefficient (Wildman–Crippen LogP) is 2.28. The van der Waals surface area contributed by atoms with Crippen LogP contribution in [0.25, 0.3) is 6.08 Å². The summed E-state index contributed by atoms with van der Waals surface area (Å²) in [5.41, 5.74) is 11.1. The molecule has 0 aliphatic rings. The van der Waals surface area contributed by atoms with Crippen LogP contribution >= 0.6 is 23.2 Å². The van der Waals surface area contributed by atoms with Crippen molar-refractivity contribution in [1.29, 1.82) is 0 Å². The van der Waals surface area contributed by atoms with E-state index in [1.165, 1.54) is 0 Å². The third kappa shape index (κ3) is 3.81. The zero-order chi connectivity index (χ0) is 11.3. The molecule has 1 rings (SSSR count). The first-order chi connectivity index (χ1) is 7.11. The first-order valence-corrected chi connectivity index (χ1v) is 5.03. The molecule has 0 bridgehead atoms. The summed E-state index contributed by atoms with van der Waals surface area (Å²) in [6.45, 7) is 0.407. The molecule has 0 amide bonds. The molecule has 1 aromatic rings. The molecule has 0 heterocycles.